The first-order chi connectivity index (χ1) is 10.7. The van der Waals surface area contributed by atoms with Crippen LogP contribution < -0.4 is 5.73 Å². The summed E-state index contributed by atoms with van der Waals surface area (Å²) in [7, 11) is -3.14. The molecule has 138 valence electrons. The summed E-state index contributed by atoms with van der Waals surface area (Å²) in [6.07, 6.45) is 2.53. The quantitative estimate of drug-likeness (QED) is 0.708. The molecule has 0 heterocycles. The van der Waals surface area contributed by atoms with Crippen LogP contribution in [0.5, 0.6) is 0 Å². The van der Waals surface area contributed by atoms with Crippen LogP contribution >= 0.6 is 12.4 Å². The molecule has 0 aromatic heterocycles. The number of amides is 1. The molecule has 0 bridgehead atoms. The van der Waals surface area contributed by atoms with Gasteiger partial charge < -0.3 is 10.6 Å². The maximum Gasteiger partial charge on any atom is 0.239 e. The molecule has 8 heteroatoms. The van der Waals surface area contributed by atoms with Crippen molar-refractivity contribution in [2.75, 3.05) is 25.1 Å². The normalized spacial score (nSPS) is 12.3. The molecule has 0 saturated heterocycles. The van der Waals surface area contributed by atoms with Gasteiger partial charge >= 0.3 is 0 Å². The van der Waals surface area contributed by atoms with Crippen molar-refractivity contribution in [2.24, 2.45) is 5.73 Å². The van der Waals surface area contributed by atoms with Gasteiger partial charge in [0.1, 0.15) is 15.7 Å². The van der Waals surface area contributed by atoms with Gasteiger partial charge in [0, 0.05) is 19.3 Å². The molecule has 1 atom stereocenters. The molecule has 0 spiro atoms. The van der Waals surface area contributed by atoms with Crippen LogP contribution in [0.4, 0.5) is 4.39 Å². The highest BCUT2D eigenvalue weighted by molar-refractivity contribution is 7.90. The molecule has 1 aromatic carbocycles. The van der Waals surface area contributed by atoms with Gasteiger partial charge in [0.05, 0.1) is 11.8 Å². The Kier molecular flexibility index (Phi) is 10.1. The minimum Gasteiger partial charge on any atom is -0.341 e. The largest absolute Gasteiger partial charge is 0.341 e. The predicted octanol–water partition coefficient (Wildman–Crippen LogP) is 1.79. The van der Waals surface area contributed by atoms with Crippen LogP contribution in [-0.4, -0.2) is 50.4 Å². The third-order valence-corrected chi connectivity index (χ3v) is 4.46. The smallest absolute Gasteiger partial charge is 0.239 e. The lowest BCUT2D eigenvalue weighted by Crippen LogP contribution is -2.45. The molecule has 1 rings (SSSR count). The van der Waals surface area contributed by atoms with E-state index in [1.165, 1.54) is 12.1 Å². The Morgan fingerprint density at radius 2 is 2.00 bits per heavy atom. The van der Waals surface area contributed by atoms with E-state index in [2.05, 4.69) is 0 Å². The number of benzene rings is 1. The second-order valence-corrected chi connectivity index (χ2v) is 7.99. The summed E-state index contributed by atoms with van der Waals surface area (Å²) in [5, 5.41) is 0. The predicted molar refractivity (Wildman–Crippen MR) is 96.5 cm³/mol. The van der Waals surface area contributed by atoms with Crippen molar-refractivity contribution in [3.63, 3.8) is 0 Å². The molecule has 1 unspecified atom stereocenters. The van der Waals surface area contributed by atoms with Crippen LogP contribution in [0.2, 0.25) is 0 Å². The summed E-state index contributed by atoms with van der Waals surface area (Å²) < 4.78 is 35.5. The SMILES string of the molecule is CCCN(CCc1cccc(F)c1)C(=O)C(N)CCS(C)(=O)=O.Cl. The monoisotopic (exact) mass is 380 g/mol. The molecule has 0 fully saturated rings. The lowest BCUT2D eigenvalue weighted by molar-refractivity contribution is -0.132. The van der Waals surface area contributed by atoms with Crippen molar-refractivity contribution in [3.8, 4) is 0 Å². The van der Waals surface area contributed by atoms with Gasteiger partial charge in [0.15, 0.2) is 0 Å². The minimum atomic E-state index is -3.14. The maximum atomic E-state index is 13.2. The van der Waals surface area contributed by atoms with Crippen molar-refractivity contribution < 1.29 is 17.6 Å². The van der Waals surface area contributed by atoms with E-state index < -0.39 is 15.9 Å². The van der Waals surface area contributed by atoms with Crippen molar-refractivity contribution in [2.45, 2.75) is 32.2 Å². The Balaban J connectivity index is 0.00000529. The molecule has 0 radical (unpaired) electrons. The van der Waals surface area contributed by atoms with Crippen LogP contribution in [0.25, 0.3) is 0 Å². The van der Waals surface area contributed by atoms with Gasteiger partial charge in [0.2, 0.25) is 5.91 Å². The Morgan fingerprint density at radius 1 is 1.33 bits per heavy atom. The van der Waals surface area contributed by atoms with Crippen LogP contribution in [0.15, 0.2) is 24.3 Å². The molecule has 24 heavy (non-hydrogen) atoms. The zero-order valence-corrected chi connectivity index (χ0v) is 15.7. The summed E-state index contributed by atoms with van der Waals surface area (Å²) in [4.78, 5) is 14.0. The third kappa shape index (κ3) is 8.61. The zero-order valence-electron chi connectivity index (χ0n) is 14.1. The van der Waals surface area contributed by atoms with Gasteiger partial charge in [-0.15, -0.1) is 12.4 Å². The fraction of sp³-hybridized carbons (Fsp3) is 0.562. The Labute approximate surface area is 149 Å². The summed E-state index contributed by atoms with van der Waals surface area (Å²) in [6, 6.07) is 5.43. The highest BCUT2D eigenvalue weighted by Gasteiger charge is 2.21. The summed E-state index contributed by atoms with van der Waals surface area (Å²) in [6.45, 7) is 2.92. The van der Waals surface area contributed by atoms with Crippen LogP contribution in [0.3, 0.4) is 0 Å². The van der Waals surface area contributed by atoms with Gasteiger partial charge in [-0.3, -0.25) is 4.79 Å². The van der Waals surface area contributed by atoms with Crippen molar-refractivity contribution >= 4 is 28.2 Å². The molecule has 0 aliphatic rings. The van der Waals surface area contributed by atoms with E-state index in [4.69, 9.17) is 5.73 Å². The molecular weight excluding hydrogens is 355 g/mol. The number of rotatable bonds is 9. The van der Waals surface area contributed by atoms with Crippen LogP contribution in [0, 0.1) is 5.82 Å². The Morgan fingerprint density at radius 3 is 2.54 bits per heavy atom. The van der Waals surface area contributed by atoms with E-state index in [-0.39, 0.29) is 36.3 Å². The molecule has 5 nitrogen and oxygen atoms in total. The van der Waals surface area contributed by atoms with E-state index in [9.17, 15) is 17.6 Å². The van der Waals surface area contributed by atoms with E-state index in [0.717, 1.165) is 18.2 Å². The lowest BCUT2D eigenvalue weighted by Gasteiger charge is -2.25. The van der Waals surface area contributed by atoms with E-state index in [1.807, 2.05) is 6.92 Å². The number of hydrogen-bond donors (Lipinski definition) is 1. The van der Waals surface area contributed by atoms with E-state index >= 15 is 0 Å². The fourth-order valence-corrected chi connectivity index (χ4v) is 2.94. The lowest BCUT2D eigenvalue weighted by atomic mass is 10.1. The van der Waals surface area contributed by atoms with E-state index in [0.29, 0.717) is 19.5 Å². The second kappa shape index (κ2) is 10.6. The number of hydrogen-bond acceptors (Lipinski definition) is 4. The first-order valence-corrected chi connectivity index (χ1v) is 9.75. The Hall–Kier alpha value is -1.18. The molecule has 1 aromatic rings. The third-order valence-electron chi connectivity index (χ3n) is 3.48. The number of sulfone groups is 1. The number of carbonyl (C=O) groups excluding carboxylic acids is 1. The topological polar surface area (TPSA) is 80.5 Å². The van der Waals surface area contributed by atoms with Gasteiger partial charge in [-0.1, -0.05) is 19.1 Å². The standard InChI is InChI=1S/C16H25FN2O3S.ClH/c1-3-9-19(10-7-13-5-4-6-14(17)12-13)16(20)15(18)8-11-23(2,21)22;/h4-6,12,15H,3,7-11,18H2,1-2H3;1H. The van der Waals surface area contributed by atoms with Crippen molar-refractivity contribution in [1.29, 1.82) is 0 Å². The first kappa shape index (κ1) is 22.8. The Bertz CT molecular complexity index is 626. The van der Waals surface area contributed by atoms with Gasteiger partial charge in [-0.05, 0) is 37.0 Å². The van der Waals surface area contributed by atoms with Crippen molar-refractivity contribution in [3.05, 3.63) is 35.6 Å². The number of nitrogens with zero attached hydrogens (tertiary/aromatic N) is 1. The summed E-state index contributed by atoms with van der Waals surface area (Å²) in [5.74, 6) is -0.670. The summed E-state index contributed by atoms with van der Waals surface area (Å²) >= 11 is 0. The molecule has 1 amide bonds. The molecular formula is C16H26ClFN2O3S. The molecule has 0 aliphatic carbocycles. The van der Waals surface area contributed by atoms with Crippen LogP contribution in [0.1, 0.15) is 25.3 Å². The van der Waals surface area contributed by atoms with Crippen molar-refractivity contribution in [1.82, 2.24) is 4.90 Å². The average Bonchev–Trinajstić information content (AvgIpc) is 2.47. The number of nitrogens with two attached hydrogens (primary N) is 1. The second-order valence-electron chi connectivity index (χ2n) is 5.73. The zero-order chi connectivity index (χ0) is 17.5. The number of halogens is 2. The fourth-order valence-electron chi connectivity index (χ4n) is 2.26. The highest BCUT2D eigenvalue weighted by atomic mass is 35.5. The van der Waals surface area contributed by atoms with Gasteiger partial charge in [0.25, 0.3) is 0 Å². The van der Waals surface area contributed by atoms with Gasteiger partial charge in [-0.25, -0.2) is 12.8 Å². The molecule has 2 N–H and O–H groups in total. The van der Waals surface area contributed by atoms with E-state index in [1.54, 1.807) is 17.0 Å². The van der Waals surface area contributed by atoms with Crippen LogP contribution in [-0.2, 0) is 21.1 Å². The average molecular weight is 381 g/mol. The maximum absolute atomic E-state index is 13.2. The summed E-state index contributed by atoms with van der Waals surface area (Å²) in [5.41, 5.74) is 6.64. The minimum absolute atomic E-state index is 0. The molecule has 0 saturated carbocycles. The number of carbonyl (C=O) groups is 1. The van der Waals surface area contributed by atoms with Gasteiger partial charge in [-0.2, -0.15) is 0 Å². The first-order valence-electron chi connectivity index (χ1n) is 7.69. The molecule has 0 aliphatic heterocycles. The highest BCUT2D eigenvalue weighted by Crippen LogP contribution is 2.07.